The van der Waals surface area contributed by atoms with Crippen LogP contribution in [-0.4, -0.2) is 45.0 Å². The van der Waals surface area contributed by atoms with Crippen molar-refractivity contribution in [1.82, 2.24) is 30.9 Å². The minimum Gasteiger partial charge on any atom is -0.376 e. The summed E-state index contributed by atoms with van der Waals surface area (Å²) in [4.78, 5) is 17.0. The number of carbonyl (C=O) groups is 1. The van der Waals surface area contributed by atoms with Crippen LogP contribution in [0.4, 0.5) is 0 Å². The van der Waals surface area contributed by atoms with E-state index in [0.29, 0.717) is 22.9 Å². The minimum atomic E-state index is -0.284. The fourth-order valence-electron chi connectivity index (χ4n) is 2.99. The van der Waals surface area contributed by atoms with Crippen LogP contribution in [0.5, 0.6) is 0 Å². The molecule has 1 aliphatic heterocycles. The molecule has 2 aromatic heterocycles. The van der Waals surface area contributed by atoms with Gasteiger partial charge in [0.25, 0.3) is 5.91 Å². The van der Waals surface area contributed by atoms with Crippen molar-refractivity contribution in [3.63, 3.8) is 0 Å². The van der Waals surface area contributed by atoms with E-state index in [1.165, 1.54) is 0 Å². The van der Waals surface area contributed by atoms with Gasteiger partial charge >= 0.3 is 0 Å². The molecule has 3 rings (SSSR count). The Balaban J connectivity index is 1.65. The molecule has 3 N–H and O–H groups in total. The molecule has 1 saturated heterocycles. The Kier molecular flexibility index (Phi) is 5.14. The lowest BCUT2D eigenvalue weighted by atomic mass is 10.1. The van der Waals surface area contributed by atoms with Crippen LogP contribution in [0.3, 0.4) is 0 Å². The number of aryl methyl sites for hydroxylation is 3. The lowest BCUT2D eigenvalue weighted by Gasteiger charge is -2.15. The van der Waals surface area contributed by atoms with Crippen molar-refractivity contribution in [2.75, 3.05) is 13.2 Å². The van der Waals surface area contributed by atoms with Crippen LogP contribution < -0.4 is 16.2 Å². The van der Waals surface area contributed by atoms with E-state index in [-0.39, 0.29) is 12.0 Å². The van der Waals surface area contributed by atoms with E-state index in [4.69, 9.17) is 17.0 Å². The van der Waals surface area contributed by atoms with Gasteiger partial charge in [-0.2, -0.15) is 5.10 Å². The van der Waals surface area contributed by atoms with Crippen LogP contribution in [-0.2, 0) is 11.8 Å². The predicted molar refractivity (Wildman–Crippen MR) is 98.2 cm³/mol. The number of carbonyl (C=O) groups excluding carboxylic acids is 1. The van der Waals surface area contributed by atoms with E-state index in [9.17, 15) is 4.79 Å². The molecule has 25 heavy (non-hydrogen) atoms. The standard InChI is InChI=1S/C16H22N6O2S/c1-9-7-12(13-10(2)21-22(3)14(13)18-9)15(23)19-20-16(25)17-8-11-5-4-6-24-11/h7,11H,4-6,8H2,1-3H3,(H,19,23)(H2,17,20,25)/t11-/m0/s1. The van der Waals surface area contributed by atoms with Crippen molar-refractivity contribution in [3.05, 3.63) is 23.0 Å². The summed E-state index contributed by atoms with van der Waals surface area (Å²) in [6, 6.07) is 1.75. The molecule has 3 heterocycles. The van der Waals surface area contributed by atoms with E-state index in [0.717, 1.165) is 36.2 Å². The number of nitrogens with one attached hydrogen (secondary N) is 3. The first-order valence-corrected chi connectivity index (χ1v) is 8.63. The Hall–Kier alpha value is -2.26. The lowest BCUT2D eigenvalue weighted by Crippen LogP contribution is -2.48. The number of hydrogen-bond acceptors (Lipinski definition) is 5. The highest BCUT2D eigenvalue weighted by molar-refractivity contribution is 7.80. The Morgan fingerprint density at radius 1 is 1.44 bits per heavy atom. The first kappa shape index (κ1) is 17.6. The highest BCUT2D eigenvalue weighted by Gasteiger charge is 2.18. The van der Waals surface area contributed by atoms with E-state index >= 15 is 0 Å². The minimum absolute atomic E-state index is 0.177. The number of thiocarbonyl (C=S) groups is 1. The summed E-state index contributed by atoms with van der Waals surface area (Å²) in [6.07, 6.45) is 2.28. The molecule has 1 atom stereocenters. The van der Waals surface area contributed by atoms with Gasteiger partial charge in [0, 0.05) is 25.9 Å². The lowest BCUT2D eigenvalue weighted by molar-refractivity contribution is 0.0944. The van der Waals surface area contributed by atoms with Crippen molar-refractivity contribution in [1.29, 1.82) is 0 Å². The van der Waals surface area contributed by atoms with Gasteiger partial charge in [-0.25, -0.2) is 4.98 Å². The molecule has 0 aromatic carbocycles. The van der Waals surface area contributed by atoms with Crippen molar-refractivity contribution in [3.8, 4) is 0 Å². The fourth-order valence-corrected chi connectivity index (χ4v) is 3.12. The van der Waals surface area contributed by atoms with Crippen molar-refractivity contribution in [2.24, 2.45) is 7.05 Å². The summed E-state index contributed by atoms with van der Waals surface area (Å²) < 4.78 is 7.20. The molecule has 1 aliphatic rings. The second-order valence-electron chi connectivity index (χ2n) is 6.14. The molecule has 0 unspecified atom stereocenters. The van der Waals surface area contributed by atoms with Gasteiger partial charge in [-0.05, 0) is 45.0 Å². The summed E-state index contributed by atoms with van der Waals surface area (Å²) in [5.74, 6) is -0.284. The number of ether oxygens (including phenoxy) is 1. The summed E-state index contributed by atoms with van der Waals surface area (Å²) in [5, 5.41) is 8.49. The van der Waals surface area contributed by atoms with Crippen LogP contribution in [0.2, 0.25) is 0 Å². The third-order valence-corrected chi connectivity index (χ3v) is 4.39. The van der Waals surface area contributed by atoms with Crippen LogP contribution in [0, 0.1) is 13.8 Å². The molecular formula is C16H22N6O2S. The van der Waals surface area contributed by atoms with Gasteiger partial charge in [0.2, 0.25) is 0 Å². The van der Waals surface area contributed by atoms with Gasteiger partial charge in [0.1, 0.15) is 0 Å². The molecule has 1 fully saturated rings. The number of hydrazine groups is 1. The van der Waals surface area contributed by atoms with Crippen LogP contribution in [0.15, 0.2) is 6.07 Å². The molecule has 2 aromatic rings. The van der Waals surface area contributed by atoms with Gasteiger partial charge in [-0.3, -0.25) is 20.3 Å². The average molecular weight is 362 g/mol. The molecule has 0 bridgehead atoms. The number of pyridine rings is 1. The van der Waals surface area contributed by atoms with Crippen molar-refractivity contribution >= 4 is 34.3 Å². The molecule has 0 spiro atoms. The van der Waals surface area contributed by atoms with Gasteiger partial charge in [-0.1, -0.05) is 0 Å². The molecular weight excluding hydrogens is 340 g/mol. The molecule has 0 saturated carbocycles. The zero-order chi connectivity index (χ0) is 18.0. The second kappa shape index (κ2) is 7.32. The summed E-state index contributed by atoms with van der Waals surface area (Å²) in [5.41, 5.74) is 8.07. The number of nitrogens with zero attached hydrogens (tertiary/aromatic N) is 3. The first-order valence-electron chi connectivity index (χ1n) is 8.22. The summed E-state index contributed by atoms with van der Waals surface area (Å²) in [7, 11) is 1.81. The van der Waals surface area contributed by atoms with Gasteiger partial charge in [0.05, 0.1) is 22.7 Å². The van der Waals surface area contributed by atoms with Gasteiger partial charge in [-0.15, -0.1) is 0 Å². The molecule has 1 amide bonds. The van der Waals surface area contributed by atoms with Crippen molar-refractivity contribution < 1.29 is 9.53 Å². The fraction of sp³-hybridized carbons (Fsp3) is 0.500. The Morgan fingerprint density at radius 3 is 2.96 bits per heavy atom. The van der Waals surface area contributed by atoms with E-state index in [2.05, 4.69) is 26.3 Å². The zero-order valence-corrected chi connectivity index (χ0v) is 15.4. The largest absolute Gasteiger partial charge is 0.376 e. The number of fused-ring (bicyclic) bond motifs is 1. The average Bonchev–Trinajstić information content (AvgIpc) is 3.19. The third kappa shape index (κ3) is 3.88. The van der Waals surface area contributed by atoms with Crippen LogP contribution >= 0.6 is 12.2 Å². The SMILES string of the molecule is Cc1cc(C(=O)NNC(=S)NC[C@@H]2CCCO2)c2c(C)nn(C)c2n1. The topological polar surface area (TPSA) is 93.1 Å². The second-order valence-corrected chi connectivity index (χ2v) is 6.55. The Labute approximate surface area is 151 Å². The monoisotopic (exact) mass is 362 g/mol. The first-order chi connectivity index (χ1) is 12.0. The van der Waals surface area contributed by atoms with E-state index < -0.39 is 0 Å². The quantitative estimate of drug-likeness (QED) is 0.551. The van der Waals surface area contributed by atoms with Crippen LogP contribution in [0.25, 0.3) is 11.0 Å². The van der Waals surface area contributed by atoms with Gasteiger partial charge < -0.3 is 10.1 Å². The molecule has 8 nitrogen and oxygen atoms in total. The maximum absolute atomic E-state index is 12.6. The molecule has 0 aliphatic carbocycles. The van der Waals surface area contributed by atoms with E-state index in [1.54, 1.807) is 10.7 Å². The van der Waals surface area contributed by atoms with Gasteiger partial charge in [0.15, 0.2) is 10.8 Å². The Morgan fingerprint density at radius 2 is 2.24 bits per heavy atom. The smallest absolute Gasteiger partial charge is 0.270 e. The normalized spacial score (nSPS) is 16.8. The zero-order valence-electron chi connectivity index (χ0n) is 14.5. The predicted octanol–water partition coefficient (Wildman–Crippen LogP) is 0.873. The summed E-state index contributed by atoms with van der Waals surface area (Å²) >= 11 is 5.19. The van der Waals surface area contributed by atoms with E-state index in [1.807, 2.05) is 20.9 Å². The molecule has 134 valence electrons. The van der Waals surface area contributed by atoms with Crippen LogP contribution in [0.1, 0.15) is 34.6 Å². The maximum Gasteiger partial charge on any atom is 0.270 e. The number of hydrogen-bond donors (Lipinski definition) is 3. The number of aromatic nitrogens is 3. The maximum atomic E-state index is 12.6. The Bertz CT molecular complexity index is 813. The highest BCUT2D eigenvalue weighted by atomic mass is 32.1. The summed E-state index contributed by atoms with van der Waals surface area (Å²) in [6.45, 7) is 5.13. The van der Waals surface area contributed by atoms with Crippen molar-refractivity contribution in [2.45, 2.75) is 32.8 Å². The highest BCUT2D eigenvalue weighted by Crippen LogP contribution is 2.21. The third-order valence-electron chi connectivity index (χ3n) is 4.15. The molecule has 9 heteroatoms. The molecule has 0 radical (unpaired) electrons. The number of rotatable bonds is 3. The number of amides is 1.